The molecule has 1 aromatic heterocycles. The molecule has 2 N–H and O–H groups in total. The van der Waals surface area contributed by atoms with Crippen LogP contribution in [0, 0.1) is 5.92 Å². The van der Waals surface area contributed by atoms with Gasteiger partial charge in [0.1, 0.15) is 5.82 Å². The van der Waals surface area contributed by atoms with Gasteiger partial charge < -0.3 is 15.5 Å². The third-order valence-corrected chi connectivity index (χ3v) is 4.17. The molecule has 1 aliphatic rings. The maximum atomic E-state index is 12.7. The van der Waals surface area contributed by atoms with Crippen molar-refractivity contribution >= 4 is 11.7 Å². The van der Waals surface area contributed by atoms with Crippen molar-refractivity contribution in [3.63, 3.8) is 0 Å². The highest BCUT2D eigenvalue weighted by molar-refractivity contribution is 5.95. The molecule has 1 aromatic rings. The number of amides is 1. The van der Waals surface area contributed by atoms with Gasteiger partial charge in [-0.3, -0.25) is 4.79 Å². The summed E-state index contributed by atoms with van der Waals surface area (Å²) < 4.78 is 0. The van der Waals surface area contributed by atoms with Gasteiger partial charge in [-0.25, -0.2) is 4.98 Å². The van der Waals surface area contributed by atoms with Crippen molar-refractivity contribution in [3.8, 4) is 0 Å². The first kappa shape index (κ1) is 15.8. The van der Waals surface area contributed by atoms with Crippen LogP contribution in [0.2, 0.25) is 0 Å². The first-order valence-electron chi connectivity index (χ1n) is 7.64. The number of hydrogen-bond donors (Lipinski definition) is 1. The van der Waals surface area contributed by atoms with Crippen LogP contribution in [0.3, 0.4) is 0 Å². The average Bonchev–Trinajstić information content (AvgIpc) is 2.80. The van der Waals surface area contributed by atoms with Crippen LogP contribution in [0.1, 0.15) is 36.3 Å². The fraction of sp³-hybridized carbons (Fsp3) is 0.625. The van der Waals surface area contributed by atoms with E-state index >= 15 is 0 Å². The average molecular weight is 290 g/mol. The number of hydrogen-bond acceptors (Lipinski definition) is 4. The summed E-state index contributed by atoms with van der Waals surface area (Å²) >= 11 is 0. The first-order chi connectivity index (χ1) is 9.92. The fourth-order valence-electron chi connectivity index (χ4n) is 3.09. The molecule has 2 unspecified atom stereocenters. The van der Waals surface area contributed by atoms with Gasteiger partial charge in [0.15, 0.2) is 0 Å². The molecule has 1 fully saturated rings. The lowest BCUT2D eigenvalue weighted by Gasteiger charge is -2.22. The number of aromatic nitrogens is 1. The van der Waals surface area contributed by atoms with Crippen LogP contribution in [0.15, 0.2) is 12.1 Å². The molecule has 5 heteroatoms. The molecule has 2 heterocycles. The van der Waals surface area contributed by atoms with E-state index in [9.17, 15) is 4.79 Å². The van der Waals surface area contributed by atoms with Gasteiger partial charge in [-0.1, -0.05) is 20.3 Å². The Kier molecular flexibility index (Phi) is 4.83. The van der Waals surface area contributed by atoms with Crippen LogP contribution in [-0.2, 0) is 6.42 Å². The number of nitrogens with zero attached hydrogens (tertiary/aromatic N) is 3. The standard InChI is InChI=1S/C16H26N4O/c1-5-6-13-7-12(8-15(17)18-13)16(21)20-9-11(2)14(10-20)19(3)4/h7-8,11,14H,5-6,9-10H2,1-4H3,(H2,17,18). The summed E-state index contributed by atoms with van der Waals surface area (Å²) in [5.41, 5.74) is 7.40. The second kappa shape index (κ2) is 6.43. The highest BCUT2D eigenvalue weighted by Gasteiger charge is 2.34. The van der Waals surface area contributed by atoms with Crippen molar-refractivity contribution in [2.75, 3.05) is 32.9 Å². The Labute approximate surface area is 127 Å². The molecule has 1 saturated heterocycles. The second-order valence-electron chi connectivity index (χ2n) is 6.24. The normalized spacial score (nSPS) is 22.0. The van der Waals surface area contributed by atoms with Crippen LogP contribution in [0.5, 0.6) is 0 Å². The molecule has 0 aromatic carbocycles. The molecule has 21 heavy (non-hydrogen) atoms. The van der Waals surface area contributed by atoms with E-state index in [1.165, 1.54) is 0 Å². The van der Waals surface area contributed by atoms with Gasteiger partial charge in [-0.2, -0.15) is 0 Å². The lowest BCUT2D eigenvalue weighted by Crippen LogP contribution is -2.35. The number of likely N-dealkylation sites (tertiary alicyclic amines) is 1. The number of aryl methyl sites for hydroxylation is 1. The van der Waals surface area contributed by atoms with E-state index in [1.807, 2.05) is 11.0 Å². The Morgan fingerprint density at radius 2 is 2.14 bits per heavy atom. The first-order valence-corrected chi connectivity index (χ1v) is 7.64. The molecule has 1 amide bonds. The van der Waals surface area contributed by atoms with Gasteiger partial charge in [0, 0.05) is 30.4 Å². The molecule has 0 radical (unpaired) electrons. The predicted octanol–water partition coefficient (Wildman–Crippen LogP) is 1.64. The molecule has 2 atom stereocenters. The van der Waals surface area contributed by atoms with Crippen molar-refractivity contribution in [2.45, 2.75) is 32.7 Å². The number of rotatable bonds is 4. The Morgan fingerprint density at radius 3 is 2.71 bits per heavy atom. The van der Waals surface area contributed by atoms with Gasteiger partial charge in [0.25, 0.3) is 5.91 Å². The lowest BCUT2D eigenvalue weighted by atomic mass is 10.1. The number of likely N-dealkylation sites (N-methyl/N-ethyl adjacent to an activating group) is 1. The maximum absolute atomic E-state index is 12.7. The number of carbonyl (C=O) groups is 1. The van der Waals surface area contributed by atoms with E-state index in [0.717, 1.165) is 31.6 Å². The van der Waals surface area contributed by atoms with Gasteiger partial charge in [-0.05, 0) is 38.6 Å². The number of nitrogen functional groups attached to an aromatic ring is 1. The predicted molar refractivity (Wildman–Crippen MR) is 85.2 cm³/mol. The fourth-order valence-corrected chi connectivity index (χ4v) is 3.09. The zero-order valence-corrected chi connectivity index (χ0v) is 13.5. The minimum atomic E-state index is 0.0673. The van der Waals surface area contributed by atoms with E-state index in [1.54, 1.807) is 6.07 Å². The third-order valence-electron chi connectivity index (χ3n) is 4.17. The largest absolute Gasteiger partial charge is 0.384 e. The summed E-state index contributed by atoms with van der Waals surface area (Å²) in [6, 6.07) is 3.99. The highest BCUT2D eigenvalue weighted by atomic mass is 16.2. The zero-order chi connectivity index (χ0) is 15.6. The van der Waals surface area contributed by atoms with Crippen molar-refractivity contribution in [1.82, 2.24) is 14.8 Å². The molecule has 2 rings (SSSR count). The summed E-state index contributed by atoms with van der Waals surface area (Å²) in [5, 5.41) is 0. The second-order valence-corrected chi connectivity index (χ2v) is 6.24. The summed E-state index contributed by atoms with van der Waals surface area (Å²) in [7, 11) is 4.14. The molecule has 0 saturated carbocycles. The van der Waals surface area contributed by atoms with Gasteiger partial charge in [-0.15, -0.1) is 0 Å². The van der Waals surface area contributed by atoms with E-state index in [-0.39, 0.29) is 5.91 Å². The van der Waals surface area contributed by atoms with Crippen LogP contribution in [0.25, 0.3) is 0 Å². The molecule has 116 valence electrons. The van der Waals surface area contributed by atoms with E-state index in [2.05, 4.69) is 37.8 Å². The molecule has 1 aliphatic heterocycles. The van der Waals surface area contributed by atoms with Crippen LogP contribution in [0.4, 0.5) is 5.82 Å². The summed E-state index contributed by atoms with van der Waals surface area (Å²) in [5.74, 6) is 0.983. The van der Waals surface area contributed by atoms with Crippen LogP contribution < -0.4 is 5.73 Å². The zero-order valence-electron chi connectivity index (χ0n) is 13.5. The van der Waals surface area contributed by atoms with Crippen molar-refractivity contribution in [2.24, 2.45) is 5.92 Å². The molecular weight excluding hydrogens is 264 g/mol. The quantitative estimate of drug-likeness (QED) is 0.915. The Morgan fingerprint density at radius 1 is 1.43 bits per heavy atom. The highest BCUT2D eigenvalue weighted by Crippen LogP contribution is 2.22. The number of anilines is 1. The van der Waals surface area contributed by atoms with Gasteiger partial charge >= 0.3 is 0 Å². The molecule has 0 bridgehead atoms. The SMILES string of the molecule is CCCc1cc(C(=O)N2CC(C)C(N(C)C)C2)cc(N)n1. The number of nitrogens with two attached hydrogens (primary N) is 1. The van der Waals surface area contributed by atoms with Crippen LogP contribution >= 0.6 is 0 Å². The minimum Gasteiger partial charge on any atom is -0.384 e. The number of pyridine rings is 1. The van der Waals surface area contributed by atoms with Gasteiger partial charge in [0.2, 0.25) is 0 Å². The summed E-state index contributed by atoms with van der Waals surface area (Å²) in [6.45, 7) is 5.86. The number of carbonyl (C=O) groups excluding carboxylic acids is 1. The van der Waals surface area contributed by atoms with Crippen molar-refractivity contribution in [1.29, 1.82) is 0 Å². The topological polar surface area (TPSA) is 62.5 Å². The van der Waals surface area contributed by atoms with E-state index in [0.29, 0.717) is 23.3 Å². The molecule has 0 aliphatic carbocycles. The minimum absolute atomic E-state index is 0.0673. The molecule has 0 spiro atoms. The van der Waals surface area contributed by atoms with E-state index < -0.39 is 0 Å². The molecule has 5 nitrogen and oxygen atoms in total. The smallest absolute Gasteiger partial charge is 0.254 e. The van der Waals surface area contributed by atoms with E-state index in [4.69, 9.17) is 5.73 Å². The van der Waals surface area contributed by atoms with Crippen molar-refractivity contribution in [3.05, 3.63) is 23.4 Å². The van der Waals surface area contributed by atoms with Gasteiger partial charge in [0.05, 0.1) is 0 Å². The summed E-state index contributed by atoms with van der Waals surface area (Å²) in [4.78, 5) is 21.1. The maximum Gasteiger partial charge on any atom is 0.254 e. The summed E-state index contributed by atoms with van der Waals surface area (Å²) in [6.07, 6.45) is 1.84. The molecular formula is C16H26N4O. The Bertz CT molecular complexity index is 515. The van der Waals surface area contributed by atoms with Crippen molar-refractivity contribution < 1.29 is 4.79 Å². The lowest BCUT2D eigenvalue weighted by molar-refractivity contribution is 0.0781. The Balaban J connectivity index is 2.17. The Hall–Kier alpha value is -1.62. The van der Waals surface area contributed by atoms with Crippen LogP contribution in [-0.4, -0.2) is 53.9 Å². The monoisotopic (exact) mass is 290 g/mol. The third kappa shape index (κ3) is 3.53.